The first kappa shape index (κ1) is 17.3. The number of anilines is 1. The molecule has 1 aliphatic carbocycles. The van der Waals surface area contributed by atoms with E-state index < -0.39 is 0 Å². The number of nitrogens with one attached hydrogen (secondary N) is 1. The Labute approximate surface area is 170 Å². The van der Waals surface area contributed by atoms with Crippen LogP contribution in [0.1, 0.15) is 35.1 Å². The molecule has 1 heterocycles. The molecule has 3 heteroatoms. The van der Waals surface area contributed by atoms with Gasteiger partial charge in [0.05, 0.1) is 11.7 Å². The highest BCUT2D eigenvalue weighted by Gasteiger charge is 2.37. The van der Waals surface area contributed by atoms with Gasteiger partial charge >= 0.3 is 0 Å². The summed E-state index contributed by atoms with van der Waals surface area (Å²) in [5.41, 5.74) is 5.99. The quantitative estimate of drug-likeness (QED) is 0.384. The lowest BCUT2D eigenvalue weighted by molar-refractivity contribution is 0.425. The highest BCUT2D eigenvalue weighted by molar-refractivity contribution is 6.30. The molecule has 3 aromatic carbocycles. The van der Waals surface area contributed by atoms with Crippen molar-refractivity contribution in [3.05, 3.63) is 107 Å². The molecule has 1 aliphatic heterocycles. The van der Waals surface area contributed by atoms with Gasteiger partial charge in [-0.1, -0.05) is 66.2 Å². The second-order valence-electron chi connectivity index (χ2n) is 7.46. The largest absolute Gasteiger partial charge is 0.378 e. The number of allylic oxidation sites excluding steroid dienone is 2. The zero-order chi connectivity index (χ0) is 18.9. The predicted octanol–water partition coefficient (Wildman–Crippen LogP) is 6.92. The van der Waals surface area contributed by atoms with Gasteiger partial charge in [-0.2, -0.15) is 0 Å². The van der Waals surface area contributed by atoms with Gasteiger partial charge in [-0.15, -0.1) is 0 Å². The van der Waals surface area contributed by atoms with Gasteiger partial charge in [0.1, 0.15) is 0 Å². The van der Waals surface area contributed by atoms with Crippen molar-refractivity contribution in [2.24, 2.45) is 10.9 Å². The highest BCUT2D eigenvalue weighted by Crippen LogP contribution is 2.49. The van der Waals surface area contributed by atoms with Crippen LogP contribution in [0.2, 0.25) is 5.02 Å². The van der Waals surface area contributed by atoms with Crippen LogP contribution in [0.4, 0.5) is 11.4 Å². The average molecular weight is 385 g/mol. The Morgan fingerprint density at radius 3 is 2.54 bits per heavy atom. The van der Waals surface area contributed by atoms with Crippen LogP contribution in [-0.4, -0.2) is 6.21 Å². The van der Waals surface area contributed by atoms with E-state index in [1.54, 1.807) is 0 Å². The minimum atomic E-state index is 0.323. The van der Waals surface area contributed by atoms with E-state index >= 15 is 0 Å². The summed E-state index contributed by atoms with van der Waals surface area (Å²) in [5, 5.41) is 4.52. The van der Waals surface area contributed by atoms with E-state index in [-0.39, 0.29) is 0 Å². The zero-order valence-electron chi connectivity index (χ0n) is 15.4. The van der Waals surface area contributed by atoms with Crippen LogP contribution in [-0.2, 0) is 0 Å². The fraction of sp³-hybridized carbons (Fsp3) is 0.160. The van der Waals surface area contributed by atoms with E-state index in [1.807, 2.05) is 30.5 Å². The van der Waals surface area contributed by atoms with Crippen molar-refractivity contribution in [2.75, 3.05) is 5.32 Å². The van der Waals surface area contributed by atoms with Crippen LogP contribution in [0.15, 0.2) is 89.9 Å². The van der Waals surface area contributed by atoms with Gasteiger partial charge in [-0.3, -0.25) is 4.99 Å². The van der Waals surface area contributed by atoms with Gasteiger partial charge in [0, 0.05) is 22.8 Å². The van der Waals surface area contributed by atoms with E-state index in [2.05, 4.69) is 71.0 Å². The number of nitrogens with zero attached hydrogens (tertiary/aromatic N) is 1. The maximum absolute atomic E-state index is 5.94. The van der Waals surface area contributed by atoms with Gasteiger partial charge in [0.2, 0.25) is 0 Å². The fourth-order valence-corrected chi connectivity index (χ4v) is 4.47. The van der Waals surface area contributed by atoms with E-state index in [9.17, 15) is 0 Å². The summed E-state index contributed by atoms with van der Waals surface area (Å²) in [6.07, 6.45) is 7.70. The Balaban J connectivity index is 1.38. The molecule has 0 radical (unpaired) electrons. The Morgan fingerprint density at radius 1 is 0.929 bits per heavy atom. The van der Waals surface area contributed by atoms with Crippen LogP contribution in [0.5, 0.6) is 0 Å². The molecule has 3 atom stereocenters. The Bertz CT molecular complexity index is 1030. The molecule has 1 N–H and O–H groups in total. The fourth-order valence-electron chi connectivity index (χ4n) is 4.34. The first-order chi connectivity index (χ1) is 13.8. The first-order valence-electron chi connectivity index (χ1n) is 9.70. The highest BCUT2D eigenvalue weighted by atomic mass is 35.5. The molecule has 0 unspecified atom stereocenters. The van der Waals surface area contributed by atoms with Gasteiger partial charge in [-0.05, 0) is 59.4 Å². The van der Waals surface area contributed by atoms with Crippen LogP contribution >= 0.6 is 11.6 Å². The lowest BCUT2D eigenvalue weighted by Gasteiger charge is -2.37. The first-order valence-corrected chi connectivity index (χ1v) is 10.1. The van der Waals surface area contributed by atoms with Crippen molar-refractivity contribution in [2.45, 2.75) is 18.4 Å². The lowest BCUT2D eigenvalue weighted by Crippen LogP contribution is -2.28. The molecule has 0 spiro atoms. The molecule has 5 rings (SSSR count). The van der Waals surface area contributed by atoms with Crippen molar-refractivity contribution in [1.82, 2.24) is 0 Å². The third-order valence-electron chi connectivity index (χ3n) is 5.76. The molecule has 0 bridgehead atoms. The number of para-hydroxylation sites is 1. The van der Waals surface area contributed by atoms with Gasteiger partial charge in [0.25, 0.3) is 0 Å². The van der Waals surface area contributed by atoms with E-state index in [4.69, 9.17) is 11.6 Å². The summed E-state index contributed by atoms with van der Waals surface area (Å²) in [7, 11) is 0. The SMILES string of the molecule is Clc1ccc(C=Nc2ccc([C@@H]3Nc4ccccc4[C@H]4C=CC[C@H]43)cc2)cc1. The third kappa shape index (κ3) is 3.25. The van der Waals surface area contributed by atoms with Crippen LogP contribution in [0.25, 0.3) is 0 Å². The summed E-state index contributed by atoms with van der Waals surface area (Å²) >= 11 is 5.94. The summed E-state index contributed by atoms with van der Waals surface area (Å²) in [6.45, 7) is 0. The van der Waals surface area contributed by atoms with E-state index in [0.29, 0.717) is 17.9 Å². The normalized spacial score (nSPS) is 22.7. The molecule has 28 heavy (non-hydrogen) atoms. The second-order valence-corrected chi connectivity index (χ2v) is 7.90. The second kappa shape index (κ2) is 7.29. The van der Waals surface area contributed by atoms with Crippen molar-refractivity contribution >= 4 is 29.2 Å². The van der Waals surface area contributed by atoms with Crippen LogP contribution in [0, 0.1) is 5.92 Å². The number of benzene rings is 3. The maximum atomic E-state index is 5.94. The number of hydrogen-bond donors (Lipinski definition) is 1. The molecule has 2 aliphatic rings. The Hall–Kier alpha value is -2.84. The summed E-state index contributed by atoms with van der Waals surface area (Å²) in [6, 6.07) is 25.3. The topological polar surface area (TPSA) is 24.4 Å². The Morgan fingerprint density at radius 2 is 1.71 bits per heavy atom. The molecule has 0 aromatic heterocycles. The summed E-state index contributed by atoms with van der Waals surface area (Å²) < 4.78 is 0. The van der Waals surface area contributed by atoms with E-state index in [1.165, 1.54) is 16.8 Å². The number of rotatable bonds is 3. The number of fused-ring (bicyclic) bond motifs is 3. The zero-order valence-corrected chi connectivity index (χ0v) is 16.2. The number of hydrogen-bond acceptors (Lipinski definition) is 2. The van der Waals surface area contributed by atoms with Crippen LogP contribution < -0.4 is 5.32 Å². The van der Waals surface area contributed by atoms with Crippen LogP contribution in [0.3, 0.4) is 0 Å². The van der Waals surface area contributed by atoms with Gasteiger partial charge in [0.15, 0.2) is 0 Å². The molecule has 0 saturated carbocycles. The summed E-state index contributed by atoms with van der Waals surface area (Å²) in [5.74, 6) is 1.07. The van der Waals surface area contributed by atoms with Crippen molar-refractivity contribution in [1.29, 1.82) is 0 Å². The lowest BCUT2D eigenvalue weighted by atomic mass is 9.77. The van der Waals surface area contributed by atoms with Crippen molar-refractivity contribution in [3.8, 4) is 0 Å². The molecule has 138 valence electrons. The Kier molecular flexibility index (Phi) is 4.50. The standard InChI is InChI=1S/C25H21ClN2/c26-19-12-8-17(9-13-19)16-27-20-14-10-18(11-15-20)25-23-6-3-5-21(23)22-4-1-2-7-24(22)28-25/h1-5,7-16,21,23,25,28H,6H2/t21-,23-,25+/m1/s1. The van der Waals surface area contributed by atoms with Gasteiger partial charge < -0.3 is 5.32 Å². The molecular weight excluding hydrogens is 364 g/mol. The van der Waals surface area contributed by atoms with Crippen molar-refractivity contribution in [3.63, 3.8) is 0 Å². The third-order valence-corrected chi connectivity index (χ3v) is 6.01. The molecule has 0 saturated heterocycles. The minimum Gasteiger partial charge on any atom is -0.378 e. The molecule has 3 aromatic rings. The smallest absolute Gasteiger partial charge is 0.0630 e. The molecule has 0 amide bonds. The van der Waals surface area contributed by atoms with E-state index in [0.717, 1.165) is 22.7 Å². The minimum absolute atomic E-state index is 0.323. The molecular formula is C25H21ClN2. The molecule has 2 nitrogen and oxygen atoms in total. The molecule has 0 fully saturated rings. The van der Waals surface area contributed by atoms with Gasteiger partial charge in [-0.25, -0.2) is 0 Å². The summed E-state index contributed by atoms with van der Waals surface area (Å²) in [4.78, 5) is 4.59. The average Bonchev–Trinajstić information content (AvgIpc) is 3.23. The monoisotopic (exact) mass is 384 g/mol. The van der Waals surface area contributed by atoms with Crippen molar-refractivity contribution < 1.29 is 0 Å². The predicted molar refractivity (Wildman–Crippen MR) is 118 cm³/mol. The number of aliphatic imine (C=N–C) groups is 1. The maximum Gasteiger partial charge on any atom is 0.0630 e. The number of halogens is 1.